The van der Waals surface area contributed by atoms with Crippen LogP contribution < -0.4 is 15.4 Å². The summed E-state index contributed by atoms with van der Waals surface area (Å²) < 4.78 is 5.66. The summed E-state index contributed by atoms with van der Waals surface area (Å²) in [5.74, 6) is 0.691. The number of para-hydroxylation sites is 2. The van der Waals surface area contributed by atoms with E-state index in [1.165, 1.54) is 5.56 Å². The summed E-state index contributed by atoms with van der Waals surface area (Å²) in [6.07, 6.45) is 0.922. The van der Waals surface area contributed by atoms with E-state index in [2.05, 4.69) is 33.9 Å². The molecular weight excluding hydrogens is 322 g/mol. The van der Waals surface area contributed by atoms with Crippen LogP contribution >= 0.6 is 11.3 Å². The minimum absolute atomic E-state index is 0.147. The van der Waals surface area contributed by atoms with Gasteiger partial charge in [-0.15, -0.1) is 0 Å². The number of amides is 2. The maximum absolute atomic E-state index is 12.2. The van der Waals surface area contributed by atoms with Gasteiger partial charge in [0, 0.05) is 6.54 Å². The van der Waals surface area contributed by atoms with Crippen molar-refractivity contribution in [3.63, 3.8) is 0 Å². The van der Waals surface area contributed by atoms with Crippen LogP contribution in [-0.2, 0) is 0 Å². The van der Waals surface area contributed by atoms with Gasteiger partial charge in [0.1, 0.15) is 5.75 Å². The number of anilines is 1. The number of likely N-dealkylation sites (N-methyl/N-ethyl adjacent to an activating group) is 1. The number of benzene rings is 1. The van der Waals surface area contributed by atoms with Gasteiger partial charge in [-0.05, 0) is 55.0 Å². The quantitative estimate of drug-likeness (QED) is 0.760. The average Bonchev–Trinajstić information content (AvgIpc) is 3.08. The van der Waals surface area contributed by atoms with E-state index in [0.717, 1.165) is 6.42 Å². The van der Waals surface area contributed by atoms with Gasteiger partial charge in [0.15, 0.2) is 0 Å². The minimum Gasteiger partial charge on any atom is -0.491 e. The number of nitrogens with one attached hydrogen (secondary N) is 2. The Balaban J connectivity index is 1.93. The Hall–Kier alpha value is -2.05. The van der Waals surface area contributed by atoms with Crippen LogP contribution in [0, 0.1) is 0 Å². The van der Waals surface area contributed by atoms with E-state index in [0.29, 0.717) is 24.6 Å². The summed E-state index contributed by atoms with van der Waals surface area (Å²) in [4.78, 5) is 14.3. The van der Waals surface area contributed by atoms with Crippen LogP contribution in [0.5, 0.6) is 5.75 Å². The number of ether oxygens (including phenoxy) is 1. The zero-order chi connectivity index (χ0) is 17.4. The molecule has 1 aromatic carbocycles. The van der Waals surface area contributed by atoms with Crippen molar-refractivity contribution in [1.82, 2.24) is 10.2 Å². The molecule has 2 amide bonds. The van der Waals surface area contributed by atoms with E-state index >= 15 is 0 Å². The molecule has 0 unspecified atom stereocenters. The molecule has 1 heterocycles. The molecule has 1 aromatic heterocycles. The highest BCUT2D eigenvalue weighted by molar-refractivity contribution is 7.07. The molecule has 2 rings (SSSR count). The van der Waals surface area contributed by atoms with Gasteiger partial charge in [-0.2, -0.15) is 11.3 Å². The van der Waals surface area contributed by atoms with Gasteiger partial charge in [-0.1, -0.05) is 19.1 Å². The zero-order valence-corrected chi connectivity index (χ0v) is 15.2. The Morgan fingerprint density at radius 3 is 2.75 bits per heavy atom. The van der Waals surface area contributed by atoms with E-state index < -0.39 is 0 Å². The predicted molar refractivity (Wildman–Crippen MR) is 100.0 cm³/mol. The van der Waals surface area contributed by atoms with Crippen molar-refractivity contribution in [1.29, 1.82) is 0 Å². The summed E-state index contributed by atoms with van der Waals surface area (Å²) in [6, 6.07) is 9.47. The summed E-state index contributed by atoms with van der Waals surface area (Å²) in [7, 11) is 4.02. The second-order valence-electron chi connectivity index (χ2n) is 5.72. The molecule has 0 aliphatic rings. The summed E-state index contributed by atoms with van der Waals surface area (Å²) in [5.41, 5.74) is 1.89. The van der Waals surface area contributed by atoms with Gasteiger partial charge in [0.25, 0.3) is 0 Å². The molecule has 0 bridgehead atoms. The maximum atomic E-state index is 12.2. The van der Waals surface area contributed by atoms with E-state index in [9.17, 15) is 4.79 Å². The van der Waals surface area contributed by atoms with Gasteiger partial charge in [-0.3, -0.25) is 0 Å². The van der Waals surface area contributed by atoms with Gasteiger partial charge in [0.2, 0.25) is 0 Å². The summed E-state index contributed by atoms with van der Waals surface area (Å²) >= 11 is 1.66. The van der Waals surface area contributed by atoms with Crippen LogP contribution in [-0.4, -0.2) is 38.2 Å². The Kier molecular flexibility index (Phi) is 7.08. The first-order valence-electron chi connectivity index (χ1n) is 8.07. The highest BCUT2D eigenvalue weighted by Crippen LogP contribution is 2.24. The lowest BCUT2D eigenvalue weighted by Gasteiger charge is -2.24. The Morgan fingerprint density at radius 1 is 1.29 bits per heavy atom. The molecule has 1 atom stereocenters. The minimum atomic E-state index is -0.232. The van der Waals surface area contributed by atoms with Crippen molar-refractivity contribution in [2.24, 2.45) is 0 Å². The van der Waals surface area contributed by atoms with E-state index in [4.69, 9.17) is 4.74 Å². The molecule has 0 aliphatic carbocycles. The van der Waals surface area contributed by atoms with Crippen LogP contribution in [0.2, 0.25) is 0 Å². The standard InChI is InChI=1S/C18H25N3O2S/c1-4-10-23-17-8-6-5-7-15(17)20-18(22)19-12-16(21(2)3)14-9-11-24-13-14/h5-9,11,13,16H,4,10,12H2,1-3H3,(H2,19,20,22)/t16-/m1/s1. The summed E-state index contributed by atoms with van der Waals surface area (Å²) in [5, 5.41) is 9.97. The van der Waals surface area contributed by atoms with E-state index in [1.807, 2.05) is 43.7 Å². The Labute approximate surface area is 147 Å². The van der Waals surface area contributed by atoms with Gasteiger partial charge in [-0.25, -0.2) is 4.79 Å². The topological polar surface area (TPSA) is 53.6 Å². The third-order valence-corrected chi connectivity index (χ3v) is 4.31. The Morgan fingerprint density at radius 2 is 2.08 bits per heavy atom. The number of carbonyl (C=O) groups is 1. The monoisotopic (exact) mass is 347 g/mol. The van der Waals surface area contributed by atoms with Crippen molar-refractivity contribution >= 4 is 23.1 Å². The van der Waals surface area contributed by atoms with Crippen LogP contribution in [0.15, 0.2) is 41.1 Å². The molecule has 6 heteroatoms. The molecule has 0 spiro atoms. The highest BCUT2D eigenvalue weighted by atomic mass is 32.1. The number of rotatable bonds is 8. The first-order chi connectivity index (χ1) is 11.6. The second kappa shape index (κ2) is 9.30. The van der Waals surface area contributed by atoms with Crippen LogP contribution in [0.3, 0.4) is 0 Å². The smallest absolute Gasteiger partial charge is 0.319 e. The molecule has 24 heavy (non-hydrogen) atoms. The van der Waals surface area contributed by atoms with Crippen molar-refractivity contribution in [3.8, 4) is 5.75 Å². The Bertz CT molecular complexity index is 629. The molecule has 5 nitrogen and oxygen atoms in total. The van der Waals surface area contributed by atoms with Gasteiger partial charge < -0.3 is 20.3 Å². The SMILES string of the molecule is CCCOc1ccccc1NC(=O)NC[C@H](c1ccsc1)N(C)C. The fourth-order valence-electron chi connectivity index (χ4n) is 2.33. The van der Waals surface area contributed by atoms with E-state index in [1.54, 1.807) is 11.3 Å². The van der Waals surface area contributed by atoms with Crippen molar-refractivity contribution in [2.75, 3.05) is 32.6 Å². The molecule has 0 saturated heterocycles. The van der Waals surface area contributed by atoms with Crippen LogP contribution in [0.4, 0.5) is 10.5 Å². The first-order valence-corrected chi connectivity index (χ1v) is 9.01. The fraction of sp³-hybridized carbons (Fsp3) is 0.389. The van der Waals surface area contributed by atoms with E-state index in [-0.39, 0.29) is 12.1 Å². The van der Waals surface area contributed by atoms with Gasteiger partial charge >= 0.3 is 6.03 Å². The van der Waals surface area contributed by atoms with Crippen LogP contribution in [0.25, 0.3) is 0 Å². The lowest BCUT2D eigenvalue weighted by molar-refractivity contribution is 0.243. The maximum Gasteiger partial charge on any atom is 0.319 e. The number of carbonyl (C=O) groups excluding carboxylic acids is 1. The third-order valence-electron chi connectivity index (χ3n) is 3.60. The lowest BCUT2D eigenvalue weighted by atomic mass is 10.1. The molecule has 2 N–H and O–H groups in total. The molecule has 0 radical (unpaired) electrons. The zero-order valence-electron chi connectivity index (χ0n) is 14.4. The fourth-order valence-corrected chi connectivity index (χ4v) is 3.03. The molecule has 2 aromatic rings. The molecular formula is C18H25N3O2S. The predicted octanol–water partition coefficient (Wildman–Crippen LogP) is 3.96. The molecule has 0 saturated carbocycles. The number of hydrogen-bond donors (Lipinski definition) is 2. The van der Waals surface area contributed by atoms with Crippen LogP contribution in [0.1, 0.15) is 24.9 Å². The van der Waals surface area contributed by atoms with Crippen molar-refractivity contribution in [2.45, 2.75) is 19.4 Å². The molecule has 0 aliphatic heterocycles. The lowest BCUT2D eigenvalue weighted by Crippen LogP contribution is -2.36. The first kappa shape index (κ1) is 18.3. The molecule has 0 fully saturated rings. The normalized spacial score (nSPS) is 12.0. The highest BCUT2D eigenvalue weighted by Gasteiger charge is 2.16. The number of thiophene rings is 1. The van der Waals surface area contributed by atoms with Crippen molar-refractivity contribution in [3.05, 3.63) is 46.7 Å². The van der Waals surface area contributed by atoms with Crippen molar-refractivity contribution < 1.29 is 9.53 Å². The largest absolute Gasteiger partial charge is 0.491 e. The van der Waals surface area contributed by atoms with Gasteiger partial charge in [0.05, 0.1) is 18.3 Å². The average molecular weight is 347 g/mol. The number of urea groups is 1. The number of nitrogens with zero attached hydrogens (tertiary/aromatic N) is 1. The number of hydrogen-bond acceptors (Lipinski definition) is 4. The summed E-state index contributed by atoms with van der Waals surface area (Å²) in [6.45, 7) is 3.21. The molecule has 130 valence electrons. The second-order valence-corrected chi connectivity index (χ2v) is 6.50. The third kappa shape index (κ3) is 5.25.